The molecular formula is C15H26O4. The molecule has 0 atom stereocenters. The molecule has 1 aliphatic rings. The average molecular weight is 270 g/mol. The van der Waals surface area contributed by atoms with Gasteiger partial charge in [0.15, 0.2) is 0 Å². The third-order valence-electron chi connectivity index (χ3n) is 4.07. The molecule has 4 nitrogen and oxygen atoms in total. The van der Waals surface area contributed by atoms with Crippen molar-refractivity contribution < 1.29 is 20.1 Å². The Morgan fingerprint density at radius 1 is 0.842 bits per heavy atom. The minimum absolute atomic E-state index is 0.00967. The first kappa shape index (κ1) is 16.2. The Morgan fingerprint density at radius 2 is 1.32 bits per heavy atom. The first-order valence-corrected chi connectivity index (χ1v) is 7.37. The molecular weight excluding hydrogens is 244 g/mol. The van der Waals surface area contributed by atoms with E-state index in [0.29, 0.717) is 5.57 Å². The highest BCUT2D eigenvalue weighted by Crippen LogP contribution is 2.28. The molecule has 0 amide bonds. The molecule has 4 heteroatoms. The zero-order valence-electron chi connectivity index (χ0n) is 11.6. The Labute approximate surface area is 115 Å². The number of aliphatic hydroxyl groups excluding tert-OH is 2. The highest BCUT2D eigenvalue weighted by Gasteiger charge is 2.21. The molecule has 0 aliphatic heterocycles. The van der Waals surface area contributed by atoms with Crippen LogP contribution in [0.25, 0.3) is 0 Å². The number of carboxylic acid groups (broad SMARTS) is 1. The number of aliphatic carboxylic acids is 1. The third-order valence-corrected chi connectivity index (χ3v) is 4.07. The standard InChI is InChI=1S/C15H26O4/c16-10-13(14(11-17)15(18)19)12-8-6-4-2-1-3-5-7-9-12/h12,16-17H,1-11H2,(H,18,19). The van der Waals surface area contributed by atoms with Crippen LogP contribution < -0.4 is 0 Å². The van der Waals surface area contributed by atoms with Crippen LogP contribution in [-0.2, 0) is 4.79 Å². The van der Waals surface area contributed by atoms with Gasteiger partial charge in [-0.05, 0) is 24.3 Å². The molecule has 0 aromatic rings. The largest absolute Gasteiger partial charge is 0.478 e. The molecule has 0 spiro atoms. The van der Waals surface area contributed by atoms with E-state index < -0.39 is 12.6 Å². The van der Waals surface area contributed by atoms with Gasteiger partial charge in [0.25, 0.3) is 0 Å². The maximum atomic E-state index is 11.1. The lowest BCUT2D eigenvalue weighted by Gasteiger charge is -2.22. The quantitative estimate of drug-likeness (QED) is 0.686. The van der Waals surface area contributed by atoms with E-state index in [1.54, 1.807) is 0 Å². The SMILES string of the molecule is O=C(O)C(CO)=C(CO)C1CCCCCCCCC1. The second-order valence-electron chi connectivity index (χ2n) is 5.37. The van der Waals surface area contributed by atoms with Gasteiger partial charge in [0.1, 0.15) is 0 Å². The topological polar surface area (TPSA) is 77.8 Å². The van der Waals surface area contributed by atoms with Gasteiger partial charge in [-0.2, -0.15) is 0 Å². The molecule has 0 radical (unpaired) electrons. The number of carboxylic acids is 1. The van der Waals surface area contributed by atoms with Crippen molar-refractivity contribution in [1.82, 2.24) is 0 Å². The number of hydrogen-bond donors (Lipinski definition) is 3. The Bertz CT molecular complexity index is 299. The van der Waals surface area contributed by atoms with Gasteiger partial charge in [0, 0.05) is 0 Å². The monoisotopic (exact) mass is 270 g/mol. The number of carbonyl (C=O) groups is 1. The van der Waals surface area contributed by atoms with Crippen molar-refractivity contribution in [2.24, 2.45) is 5.92 Å². The molecule has 1 rings (SSSR count). The zero-order valence-corrected chi connectivity index (χ0v) is 11.6. The maximum absolute atomic E-state index is 11.1. The molecule has 0 aromatic carbocycles. The Hall–Kier alpha value is -0.870. The predicted molar refractivity (Wildman–Crippen MR) is 73.9 cm³/mol. The lowest BCUT2D eigenvalue weighted by atomic mass is 9.84. The molecule has 0 unspecified atom stereocenters. The zero-order chi connectivity index (χ0) is 14.1. The lowest BCUT2D eigenvalue weighted by Crippen LogP contribution is -2.18. The second kappa shape index (κ2) is 9.10. The highest BCUT2D eigenvalue weighted by atomic mass is 16.4. The van der Waals surface area contributed by atoms with Crippen LogP contribution >= 0.6 is 0 Å². The van der Waals surface area contributed by atoms with Crippen molar-refractivity contribution in [3.8, 4) is 0 Å². The van der Waals surface area contributed by atoms with Crippen molar-refractivity contribution in [2.45, 2.75) is 57.8 Å². The minimum atomic E-state index is -1.11. The van der Waals surface area contributed by atoms with Crippen molar-refractivity contribution in [3.05, 3.63) is 11.1 Å². The predicted octanol–water partition coefficient (Wildman–Crippen LogP) is 2.49. The number of aliphatic hydroxyl groups is 2. The fourth-order valence-electron chi connectivity index (χ4n) is 2.94. The number of rotatable bonds is 4. The van der Waals surface area contributed by atoms with Gasteiger partial charge < -0.3 is 15.3 Å². The molecule has 1 aliphatic carbocycles. The fourth-order valence-corrected chi connectivity index (χ4v) is 2.94. The Morgan fingerprint density at radius 3 is 1.68 bits per heavy atom. The maximum Gasteiger partial charge on any atom is 0.333 e. The summed E-state index contributed by atoms with van der Waals surface area (Å²) < 4.78 is 0. The molecule has 0 aromatic heterocycles. The molecule has 0 bridgehead atoms. The molecule has 1 fully saturated rings. The summed E-state index contributed by atoms with van der Waals surface area (Å²) in [6.45, 7) is -0.755. The lowest BCUT2D eigenvalue weighted by molar-refractivity contribution is -0.133. The van der Waals surface area contributed by atoms with Crippen molar-refractivity contribution in [2.75, 3.05) is 13.2 Å². The van der Waals surface area contributed by atoms with Crippen molar-refractivity contribution in [1.29, 1.82) is 0 Å². The van der Waals surface area contributed by atoms with Crippen LogP contribution in [0.15, 0.2) is 11.1 Å². The third kappa shape index (κ3) is 5.33. The van der Waals surface area contributed by atoms with Crippen LogP contribution in [0.3, 0.4) is 0 Å². The van der Waals surface area contributed by atoms with E-state index in [0.717, 1.165) is 25.7 Å². The normalized spacial score (nSPS) is 20.7. The van der Waals surface area contributed by atoms with Crippen LogP contribution in [0.4, 0.5) is 0 Å². The average Bonchev–Trinajstić information content (AvgIpc) is 2.41. The second-order valence-corrected chi connectivity index (χ2v) is 5.37. The molecule has 0 saturated heterocycles. The summed E-state index contributed by atoms with van der Waals surface area (Å²) in [5.74, 6) is -0.995. The number of hydrogen-bond acceptors (Lipinski definition) is 3. The Kier molecular flexibility index (Phi) is 7.75. The molecule has 110 valence electrons. The van der Waals surface area contributed by atoms with E-state index in [9.17, 15) is 15.0 Å². The van der Waals surface area contributed by atoms with E-state index in [4.69, 9.17) is 5.11 Å². The van der Waals surface area contributed by atoms with Crippen LogP contribution in [0.2, 0.25) is 0 Å². The minimum Gasteiger partial charge on any atom is -0.478 e. The van der Waals surface area contributed by atoms with E-state index in [1.807, 2.05) is 0 Å². The van der Waals surface area contributed by atoms with E-state index >= 15 is 0 Å². The first-order valence-electron chi connectivity index (χ1n) is 7.37. The van der Waals surface area contributed by atoms with Crippen LogP contribution in [-0.4, -0.2) is 34.5 Å². The summed E-state index contributed by atoms with van der Waals surface area (Å²) in [5.41, 5.74) is 0.528. The fraction of sp³-hybridized carbons (Fsp3) is 0.800. The van der Waals surface area contributed by atoms with Crippen molar-refractivity contribution in [3.63, 3.8) is 0 Å². The summed E-state index contributed by atoms with van der Waals surface area (Å²) in [6.07, 6.45) is 10.1. The summed E-state index contributed by atoms with van der Waals surface area (Å²) >= 11 is 0. The van der Waals surface area contributed by atoms with Gasteiger partial charge in [0.05, 0.1) is 18.8 Å². The van der Waals surface area contributed by atoms with Gasteiger partial charge in [-0.15, -0.1) is 0 Å². The van der Waals surface area contributed by atoms with Crippen LogP contribution in [0.5, 0.6) is 0 Å². The van der Waals surface area contributed by atoms with Gasteiger partial charge in [-0.25, -0.2) is 4.79 Å². The van der Waals surface area contributed by atoms with Gasteiger partial charge in [-0.3, -0.25) is 0 Å². The summed E-state index contributed by atoms with van der Waals surface area (Å²) in [5, 5.41) is 27.8. The Balaban J connectivity index is 2.82. The molecule has 19 heavy (non-hydrogen) atoms. The first-order chi connectivity index (χ1) is 9.20. The highest BCUT2D eigenvalue weighted by molar-refractivity contribution is 5.88. The van der Waals surface area contributed by atoms with E-state index in [1.165, 1.54) is 32.1 Å². The van der Waals surface area contributed by atoms with Crippen LogP contribution in [0.1, 0.15) is 57.8 Å². The molecule has 0 heterocycles. The van der Waals surface area contributed by atoms with Gasteiger partial charge >= 0.3 is 5.97 Å². The molecule has 1 saturated carbocycles. The van der Waals surface area contributed by atoms with E-state index in [-0.39, 0.29) is 18.1 Å². The van der Waals surface area contributed by atoms with Gasteiger partial charge in [-0.1, -0.05) is 44.9 Å². The van der Waals surface area contributed by atoms with Crippen LogP contribution in [0, 0.1) is 5.92 Å². The van der Waals surface area contributed by atoms with Crippen molar-refractivity contribution >= 4 is 5.97 Å². The smallest absolute Gasteiger partial charge is 0.333 e. The van der Waals surface area contributed by atoms with Gasteiger partial charge in [0.2, 0.25) is 0 Å². The summed E-state index contributed by atoms with van der Waals surface area (Å²) in [6, 6.07) is 0. The summed E-state index contributed by atoms with van der Waals surface area (Å²) in [7, 11) is 0. The summed E-state index contributed by atoms with van der Waals surface area (Å²) in [4.78, 5) is 11.1. The molecule has 3 N–H and O–H groups in total. The van der Waals surface area contributed by atoms with E-state index in [2.05, 4.69) is 0 Å².